The summed E-state index contributed by atoms with van der Waals surface area (Å²) in [6, 6.07) is 7.51. The molecule has 0 aliphatic carbocycles. The Bertz CT molecular complexity index is 479. The molecule has 0 aliphatic heterocycles. The van der Waals surface area contributed by atoms with Crippen LogP contribution in [0.15, 0.2) is 36.7 Å². The van der Waals surface area contributed by atoms with Gasteiger partial charge in [0.25, 0.3) is 5.91 Å². The van der Waals surface area contributed by atoms with E-state index >= 15 is 0 Å². The number of aromatic nitrogens is 2. The highest BCUT2D eigenvalue weighted by Crippen LogP contribution is 2.08. The van der Waals surface area contributed by atoms with Crippen molar-refractivity contribution in [1.29, 1.82) is 0 Å². The van der Waals surface area contributed by atoms with Crippen LogP contribution in [-0.2, 0) is 11.9 Å². The van der Waals surface area contributed by atoms with Gasteiger partial charge >= 0.3 is 0 Å². The molecule has 1 amide bonds. The Morgan fingerprint density at radius 1 is 1.29 bits per heavy atom. The third-order valence-corrected chi connectivity index (χ3v) is 3.03. The van der Waals surface area contributed by atoms with Crippen LogP contribution < -0.4 is 5.32 Å². The third kappa shape index (κ3) is 3.17. The molecule has 4 nitrogen and oxygen atoms in total. The van der Waals surface area contributed by atoms with Gasteiger partial charge in [-0.2, -0.15) is 5.10 Å². The van der Waals surface area contributed by atoms with Gasteiger partial charge in [0.15, 0.2) is 0 Å². The predicted molar refractivity (Wildman–Crippen MR) is 68.8 cm³/mol. The van der Waals surface area contributed by atoms with Crippen LogP contribution >= 0.6 is 15.9 Å². The molecule has 88 valence electrons. The fraction of sp³-hybridized carbons (Fsp3) is 0.167. The van der Waals surface area contributed by atoms with Crippen LogP contribution in [0.3, 0.4) is 0 Å². The number of halogens is 1. The van der Waals surface area contributed by atoms with Crippen molar-refractivity contribution in [3.8, 4) is 0 Å². The number of hydrogen-bond acceptors (Lipinski definition) is 2. The van der Waals surface area contributed by atoms with Crippen molar-refractivity contribution in [2.24, 2.45) is 0 Å². The average molecular weight is 294 g/mol. The minimum atomic E-state index is -0.0766. The average Bonchev–Trinajstić information content (AvgIpc) is 2.89. The Balaban J connectivity index is 1.95. The SMILES string of the molecule is O=C(NCc1cn[nH]c1)c1ccc(CBr)cc1. The number of rotatable bonds is 4. The maximum absolute atomic E-state index is 11.8. The minimum absolute atomic E-state index is 0.0766. The molecule has 0 spiro atoms. The molecule has 1 aromatic heterocycles. The van der Waals surface area contributed by atoms with E-state index in [1.807, 2.05) is 24.3 Å². The van der Waals surface area contributed by atoms with Gasteiger partial charge in [0.05, 0.1) is 6.20 Å². The van der Waals surface area contributed by atoms with Crippen LogP contribution in [0.1, 0.15) is 21.5 Å². The zero-order valence-electron chi connectivity index (χ0n) is 9.11. The highest BCUT2D eigenvalue weighted by Gasteiger charge is 2.05. The van der Waals surface area contributed by atoms with E-state index in [1.165, 1.54) is 0 Å². The Labute approximate surface area is 108 Å². The van der Waals surface area contributed by atoms with Crippen molar-refractivity contribution in [3.63, 3.8) is 0 Å². The smallest absolute Gasteiger partial charge is 0.251 e. The normalized spacial score (nSPS) is 10.2. The molecule has 0 aliphatic rings. The van der Waals surface area contributed by atoms with E-state index in [0.717, 1.165) is 16.5 Å². The Morgan fingerprint density at radius 2 is 2.06 bits per heavy atom. The second kappa shape index (κ2) is 5.63. The number of carbonyl (C=O) groups is 1. The molecule has 2 rings (SSSR count). The quantitative estimate of drug-likeness (QED) is 0.850. The monoisotopic (exact) mass is 293 g/mol. The first kappa shape index (κ1) is 11.9. The summed E-state index contributed by atoms with van der Waals surface area (Å²) in [6.07, 6.45) is 3.45. The van der Waals surface area contributed by atoms with Crippen LogP contribution in [0, 0.1) is 0 Å². The Morgan fingerprint density at radius 3 is 2.65 bits per heavy atom. The molecule has 0 saturated heterocycles. The van der Waals surface area contributed by atoms with Crippen LogP contribution in [0.4, 0.5) is 0 Å². The van der Waals surface area contributed by atoms with Gasteiger partial charge in [0, 0.05) is 29.2 Å². The number of nitrogens with one attached hydrogen (secondary N) is 2. The summed E-state index contributed by atoms with van der Waals surface area (Å²) in [7, 11) is 0. The van der Waals surface area contributed by atoms with E-state index in [4.69, 9.17) is 0 Å². The van der Waals surface area contributed by atoms with Gasteiger partial charge in [-0.25, -0.2) is 0 Å². The zero-order chi connectivity index (χ0) is 12.1. The number of aromatic amines is 1. The third-order valence-electron chi connectivity index (χ3n) is 2.38. The maximum atomic E-state index is 11.8. The molecule has 2 N–H and O–H groups in total. The summed E-state index contributed by atoms with van der Waals surface area (Å²) in [5, 5.41) is 10.1. The molecular weight excluding hydrogens is 282 g/mol. The Kier molecular flexibility index (Phi) is 3.93. The molecule has 0 atom stereocenters. The first-order valence-electron chi connectivity index (χ1n) is 5.20. The molecule has 0 saturated carbocycles. The number of amides is 1. The Hall–Kier alpha value is -1.62. The summed E-state index contributed by atoms with van der Waals surface area (Å²) in [6.45, 7) is 0.482. The summed E-state index contributed by atoms with van der Waals surface area (Å²) >= 11 is 3.36. The van der Waals surface area contributed by atoms with E-state index in [2.05, 4.69) is 31.4 Å². The lowest BCUT2D eigenvalue weighted by Gasteiger charge is -2.04. The first-order valence-corrected chi connectivity index (χ1v) is 6.32. The predicted octanol–water partition coefficient (Wildman–Crippen LogP) is 2.23. The van der Waals surface area contributed by atoms with Gasteiger partial charge < -0.3 is 5.32 Å². The highest BCUT2D eigenvalue weighted by molar-refractivity contribution is 9.08. The van der Waals surface area contributed by atoms with Gasteiger partial charge in [-0.3, -0.25) is 9.89 Å². The lowest BCUT2D eigenvalue weighted by molar-refractivity contribution is 0.0951. The molecular formula is C12H12BrN3O. The van der Waals surface area contributed by atoms with Crippen molar-refractivity contribution in [1.82, 2.24) is 15.5 Å². The molecule has 0 radical (unpaired) electrons. The van der Waals surface area contributed by atoms with Crippen molar-refractivity contribution in [2.45, 2.75) is 11.9 Å². The molecule has 1 aromatic carbocycles. The number of nitrogens with zero attached hydrogens (tertiary/aromatic N) is 1. The van der Waals surface area contributed by atoms with Crippen molar-refractivity contribution >= 4 is 21.8 Å². The van der Waals surface area contributed by atoms with Crippen LogP contribution in [-0.4, -0.2) is 16.1 Å². The van der Waals surface area contributed by atoms with Gasteiger partial charge in [0.1, 0.15) is 0 Å². The molecule has 17 heavy (non-hydrogen) atoms. The molecule has 2 aromatic rings. The van der Waals surface area contributed by atoms with Gasteiger partial charge in [-0.05, 0) is 17.7 Å². The largest absolute Gasteiger partial charge is 0.348 e. The topological polar surface area (TPSA) is 57.8 Å². The second-order valence-electron chi connectivity index (χ2n) is 3.62. The van der Waals surface area contributed by atoms with Crippen molar-refractivity contribution < 1.29 is 4.79 Å². The number of carbonyl (C=O) groups excluding carboxylic acids is 1. The van der Waals surface area contributed by atoms with Gasteiger partial charge in [-0.1, -0.05) is 28.1 Å². The fourth-order valence-electron chi connectivity index (χ4n) is 1.40. The van der Waals surface area contributed by atoms with E-state index in [9.17, 15) is 4.79 Å². The molecule has 0 fully saturated rings. The molecule has 5 heteroatoms. The fourth-order valence-corrected chi connectivity index (χ4v) is 1.78. The van der Waals surface area contributed by atoms with Crippen molar-refractivity contribution in [2.75, 3.05) is 0 Å². The number of alkyl halides is 1. The summed E-state index contributed by atoms with van der Waals surface area (Å²) in [5.74, 6) is -0.0766. The van der Waals surface area contributed by atoms with Gasteiger partial charge in [-0.15, -0.1) is 0 Å². The second-order valence-corrected chi connectivity index (χ2v) is 4.18. The number of benzene rings is 1. The summed E-state index contributed by atoms with van der Waals surface area (Å²) in [5.41, 5.74) is 2.77. The number of H-pyrrole nitrogens is 1. The van der Waals surface area contributed by atoms with Crippen LogP contribution in [0.25, 0.3) is 0 Å². The van der Waals surface area contributed by atoms with E-state index < -0.39 is 0 Å². The summed E-state index contributed by atoms with van der Waals surface area (Å²) in [4.78, 5) is 11.8. The van der Waals surface area contributed by atoms with Gasteiger partial charge in [0.2, 0.25) is 0 Å². The first-order chi connectivity index (χ1) is 8.29. The van der Waals surface area contributed by atoms with E-state index in [1.54, 1.807) is 12.4 Å². The highest BCUT2D eigenvalue weighted by atomic mass is 79.9. The van der Waals surface area contributed by atoms with Crippen LogP contribution in [0.5, 0.6) is 0 Å². The standard InChI is InChI=1S/C12H12BrN3O/c13-5-9-1-3-11(4-2-9)12(17)14-6-10-7-15-16-8-10/h1-4,7-8H,5-6H2,(H,14,17)(H,15,16). The zero-order valence-corrected chi connectivity index (χ0v) is 10.7. The van der Waals surface area contributed by atoms with E-state index in [-0.39, 0.29) is 5.91 Å². The molecule has 0 unspecified atom stereocenters. The number of hydrogen-bond donors (Lipinski definition) is 2. The minimum Gasteiger partial charge on any atom is -0.348 e. The lowest BCUT2D eigenvalue weighted by atomic mass is 10.1. The van der Waals surface area contributed by atoms with E-state index in [0.29, 0.717) is 12.1 Å². The summed E-state index contributed by atoms with van der Waals surface area (Å²) < 4.78 is 0. The van der Waals surface area contributed by atoms with Crippen LogP contribution in [0.2, 0.25) is 0 Å². The van der Waals surface area contributed by atoms with Crippen molar-refractivity contribution in [3.05, 3.63) is 53.3 Å². The lowest BCUT2D eigenvalue weighted by Crippen LogP contribution is -2.22. The molecule has 1 heterocycles. The maximum Gasteiger partial charge on any atom is 0.251 e. The molecule has 0 bridgehead atoms.